The third-order valence-corrected chi connectivity index (χ3v) is 2.01. The second-order valence-corrected chi connectivity index (χ2v) is 2.86. The summed E-state index contributed by atoms with van der Waals surface area (Å²) in [7, 11) is 1.90. The molecule has 1 aromatic rings. The normalized spacial score (nSPS) is 13.3. The van der Waals surface area contributed by atoms with Crippen LogP contribution < -0.4 is 0 Å². The van der Waals surface area contributed by atoms with Crippen molar-refractivity contribution in [3.63, 3.8) is 0 Å². The molecule has 0 amide bonds. The van der Waals surface area contributed by atoms with Crippen LogP contribution in [0.25, 0.3) is 0 Å². The fraction of sp³-hybridized carbons (Fsp3) is 0.400. The highest BCUT2D eigenvalue weighted by atomic mass is 16.3. The molecule has 0 aliphatic heterocycles. The summed E-state index contributed by atoms with van der Waals surface area (Å²) in [6, 6.07) is 9.67. The molecule has 0 aliphatic carbocycles. The Morgan fingerprint density at radius 3 is 2.42 bits per heavy atom. The van der Waals surface area contributed by atoms with Gasteiger partial charge in [0, 0.05) is 0 Å². The van der Waals surface area contributed by atoms with Gasteiger partial charge in [0.25, 0.3) is 0 Å². The molecule has 1 atom stereocenters. The van der Waals surface area contributed by atoms with Crippen LogP contribution in [0.1, 0.15) is 18.7 Å². The van der Waals surface area contributed by atoms with Crippen LogP contribution in [-0.2, 0) is 0 Å². The van der Waals surface area contributed by atoms with E-state index in [1.807, 2.05) is 49.2 Å². The summed E-state index contributed by atoms with van der Waals surface area (Å²) >= 11 is 0. The zero-order valence-electron chi connectivity index (χ0n) is 7.57. The van der Waals surface area contributed by atoms with Crippen molar-refractivity contribution >= 4 is 0 Å². The van der Waals surface area contributed by atoms with Crippen LogP contribution in [0.4, 0.5) is 0 Å². The molecule has 1 rings (SSSR count). The first-order chi connectivity index (χ1) is 5.75. The first-order valence-corrected chi connectivity index (χ1v) is 4.19. The molecule has 0 radical (unpaired) electrons. The van der Waals surface area contributed by atoms with Crippen LogP contribution >= 0.6 is 0 Å². The number of nitrogens with zero attached hydrogens (tertiary/aromatic N) is 1. The highest BCUT2D eigenvalue weighted by Gasteiger charge is 2.09. The summed E-state index contributed by atoms with van der Waals surface area (Å²) in [5, 5.41) is 9.71. The summed E-state index contributed by atoms with van der Waals surface area (Å²) in [6.07, 6.45) is -0.476. The summed E-state index contributed by atoms with van der Waals surface area (Å²) < 4.78 is 0. The lowest BCUT2D eigenvalue weighted by molar-refractivity contribution is 0.0245. The van der Waals surface area contributed by atoms with Gasteiger partial charge in [-0.25, -0.2) is 0 Å². The maximum Gasteiger partial charge on any atom is 0.133 e. The molecule has 0 heterocycles. The average Bonchev–Trinajstić information content (AvgIpc) is 2.17. The third kappa shape index (κ3) is 2.06. The van der Waals surface area contributed by atoms with Crippen molar-refractivity contribution in [1.29, 1.82) is 0 Å². The van der Waals surface area contributed by atoms with Crippen LogP contribution in [0.5, 0.6) is 0 Å². The van der Waals surface area contributed by atoms with Gasteiger partial charge in [-0.1, -0.05) is 37.3 Å². The van der Waals surface area contributed by atoms with Crippen molar-refractivity contribution in [3.05, 3.63) is 35.9 Å². The lowest BCUT2D eigenvalue weighted by Crippen LogP contribution is -2.23. The average molecular weight is 165 g/mol. The van der Waals surface area contributed by atoms with Gasteiger partial charge in [-0.2, -0.15) is 0 Å². The van der Waals surface area contributed by atoms with E-state index in [2.05, 4.69) is 0 Å². The van der Waals surface area contributed by atoms with Gasteiger partial charge in [0.1, 0.15) is 6.23 Å². The van der Waals surface area contributed by atoms with Gasteiger partial charge in [-0.15, -0.1) is 0 Å². The van der Waals surface area contributed by atoms with E-state index >= 15 is 0 Å². The summed E-state index contributed by atoms with van der Waals surface area (Å²) in [4.78, 5) is 1.88. The number of hydrogen-bond acceptors (Lipinski definition) is 2. The molecule has 1 unspecified atom stereocenters. The maximum absolute atomic E-state index is 9.71. The van der Waals surface area contributed by atoms with E-state index in [1.54, 1.807) is 0 Å². The van der Waals surface area contributed by atoms with Gasteiger partial charge in [-0.3, -0.25) is 4.90 Å². The fourth-order valence-electron chi connectivity index (χ4n) is 1.05. The topological polar surface area (TPSA) is 23.5 Å². The second-order valence-electron chi connectivity index (χ2n) is 2.86. The van der Waals surface area contributed by atoms with Crippen molar-refractivity contribution in [1.82, 2.24) is 4.90 Å². The van der Waals surface area contributed by atoms with E-state index < -0.39 is 6.23 Å². The zero-order valence-corrected chi connectivity index (χ0v) is 7.57. The maximum atomic E-state index is 9.71. The van der Waals surface area contributed by atoms with Gasteiger partial charge in [0.05, 0.1) is 0 Å². The Kier molecular flexibility index (Phi) is 3.26. The minimum Gasteiger partial charge on any atom is -0.374 e. The molecule has 1 N–H and O–H groups in total. The smallest absolute Gasteiger partial charge is 0.133 e. The number of hydrogen-bond donors (Lipinski definition) is 1. The molecule has 0 aromatic heterocycles. The predicted molar refractivity (Wildman–Crippen MR) is 49.7 cm³/mol. The first kappa shape index (κ1) is 9.23. The van der Waals surface area contributed by atoms with Crippen LogP contribution in [0.3, 0.4) is 0 Å². The number of aliphatic hydroxyl groups is 1. The van der Waals surface area contributed by atoms with Crippen molar-refractivity contribution in [2.45, 2.75) is 13.2 Å². The quantitative estimate of drug-likeness (QED) is 0.688. The van der Waals surface area contributed by atoms with Crippen LogP contribution in [0.15, 0.2) is 30.3 Å². The summed E-state index contributed by atoms with van der Waals surface area (Å²) in [5.74, 6) is 0. The SMILES string of the molecule is CCN(C)C(O)c1ccccc1. The summed E-state index contributed by atoms with van der Waals surface area (Å²) in [5.41, 5.74) is 0.946. The van der Waals surface area contributed by atoms with E-state index in [9.17, 15) is 5.11 Å². The van der Waals surface area contributed by atoms with E-state index in [4.69, 9.17) is 0 Å². The Balaban J connectivity index is 2.71. The van der Waals surface area contributed by atoms with Crippen LogP contribution in [0.2, 0.25) is 0 Å². The molecule has 2 nitrogen and oxygen atoms in total. The predicted octanol–water partition coefficient (Wildman–Crippen LogP) is 1.63. The molecule has 66 valence electrons. The largest absolute Gasteiger partial charge is 0.374 e. The van der Waals surface area contributed by atoms with Crippen molar-refractivity contribution in [3.8, 4) is 0 Å². The van der Waals surface area contributed by atoms with Crippen LogP contribution in [-0.4, -0.2) is 23.6 Å². The molecular formula is C10H15NO. The Hall–Kier alpha value is -0.860. The Bertz CT molecular complexity index is 223. The molecule has 0 aliphatic rings. The zero-order chi connectivity index (χ0) is 8.97. The Labute approximate surface area is 73.4 Å². The van der Waals surface area contributed by atoms with Gasteiger partial charge in [0.2, 0.25) is 0 Å². The standard InChI is InChI=1S/C10H15NO/c1-3-11(2)10(12)9-7-5-4-6-8-9/h4-8,10,12H,3H2,1-2H3. The Morgan fingerprint density at radius 2 is 1.92 bits per heavy atom. The fourth-order valence-corrected chi connectivity index (χ4v) is 1.05. The second kappa shape index (κ2) is 4.24. The molecule has 0 fully saturated rings. The number of benzene rings is 1. The molecule has 0 bridgehead atoms. The van der Waals surface area contributed by atoms with Crippen molar-refractivity contribution in [2.24, 2.45) is 0 Å². The molecule has 0 saturated heterocycles. The third-order valence-electron chi connectivity index (χ3n) is 2.01. The number of aliphatic hydroxyl groups excluding tert-OH is 1. The van der Waals surface area contributed by atoms with Gasteiger partial charge < -0.3 is 5.11 Å². The van der Waals surface area contributed by atoms with Crippen molar-refractivity contribution in [2.75, 3.05) is 13.6 Å². The van der Waals surface area contributed by atoms with Gasteiger partial charge in [0.15, 0.2) is 0 Å². The van der Waals surface area contributed by atoms with E-state index in [0.29, 0.717) is 0 Å². The van der Waals surface area contributed by atoms with E-state index in [0.717, 1.165) is 12.1 Å². The molecule has 0 spiro atoms. The first-order valence-electron chi connectivity index (χ1n) is 4.19. The minimum atomic E-state index is -0.476. The molecule has 2 heteroatoms. The van der Waals surface area contributed by atoms with Crippen LogP contribution in [0, 0.1) is 0 Å². The monoisotopic (exact) mass is 165 g/mol. The molecule has 0 saturated carbocycles. The van der Waals surface area contributed by atoms with Crippen molar-refractivity contribution < 1.29 is 5.11 Å². The Morgan fingerprint density at radius 1 is 1.33 bits per heavy atom. The van der Waals surface area contributed by atoms with Gasteiger partial charge in [-0.05, 0) is 19.2 Å². The molecule has 1 aromatic carbocycles. The van der Waals surface area contributed by atoms with Gasteiger partial charge >= 0.3 is 0 Å². The lowest BCUT2D eigenvalue weighted by Gasteiger charge is -2.21. The molecular weight excluding hydrogens is 150 g/mol. The van der Waals surface area contributed by atoms with E-state index in [-0.39, 0.29) is 0 Å². The highest BCUT2D eigenvalue weighted by Crippen LogP contribution is 2.14. The highest BCUT2D eigenvalue weighted by molar-refractivity contribution is 5.16. The number of rotatable bonds is 3. The minimum absolute atomic E-state index is 0.476. The van der Waals surface area contributed by atoms with E-state index in [1.165, 1.54) is 0 Å². The molecule has 12 heavy (non-hydrogen) atoms. The lowest BCUT2D eigenvalue weighted by atomic mass is 10.2. The summed E-state index contributed by atoms with van der Waals surface area (Å²) in [6.45, 7) is 2.86.